The van der Waals surface area contributed by atoms with Gasteiger partial charge in [-0.3, -0.25) is 4.79 Å². The molecule has 1 amide bonds. The zero-order valence-electron chi connectivity index (χ0n) is 14.1. The molecule has 0 fully saturated rings. The van der Waals surface area contributed by atoms with E-state index in [4.69, 9.17) is 39.6 Å². The van der Waals surface area contributed by atoms with Crippen molar-refractivity contribution in [3.63, 3.8) is 0 Å². The van der Waals surface area contributed by atoms with Crippen LogP contribution in [-0.2, 0) is 21.0 Å². The zero-order valence-corrected chi connectivity index (χ0v) is 16.4. The SMILES string of the molecule is O=C(CCCCl)O/N=C1/C(=O)N(Cc2ccc(Cl)cc2)c2ccc(Cl)cc21. The summed E-state index contributed by atoms with van der Waals surface area (Å²) < 4.78 is 0. The van der Waals surface area contributed by atoms with Gasteiger partial charge in [0.2, 0.25) is 0 Å². The van der Waals surface area contributed by atoms with Crippen LogP contribution in [0.2, 0.25) is 10.0 Å². The molecule has 0 atom stereocenters. The van der Waals surface area contributed by atoms with Gasteiger partial charge in [-0.15, -0.1) is 11.6 Å². The van der Waals surface area contributed by atoms with E-state index in [0.29, 0.717) is 40.1 Å². The molecule has 3 rings (SSSR count). The topological polar surface area (TPSA) is 59.0 Å². The molecule has 140 valence electrons. The Morgan fingerprint density at radius 2 is 1.78 bits per heavy atom. The summed E-state index contributed by atoms with van der Waals surface area (Å²) in [5.74, 6) is -0.569. The zero-order chi connectivity index (χ0) is 19.4. The number of rotatable bonds is 6. The minimum atomic E-state index is -0.546. The molecule has 8 heteroatoms. The van der Waals surface area contributed by atoms with Crippen LogP contribution in [0.3, 0.4) is 0 Å². The van der Waals surface area contributed by atoms with Crippen LogP contribution in [0.5, 0.6) is 0 Å². The summed E-state index contributed by atoms with van der Waals surface area (Å²) in [4.78, 5) is 31.0. The number of fused-ring (bicyclic) bond motifs is 1. The van der Waals surface area contributed by atoms with Crippen molar-refractivity contribution in [3.8, 4) is 0 Å². The Balaban J connectivity index is 1.88. The highest BCUT2D eigenvalue weighted by molar-refractivity contribution is 6.54. The molecule has 5 nitrogen and oxygen atoms in total. The molecule has 0 aromatic heterocycles. The molecule has 2 aromatic rings. The second-order valence-electron chi connectivity index (χ2n) is 5.87. The van der Waals surface area contributed by atoms with Crippen molar-refractivity contribution in [3.05, 3.63) is 63.6 Å². The molecule has 0 spiro atoms. The lowest BCUT2D eigenvalue weighted by atomic mass is 10.1. The molecule has 0 N–H and O–H groups in total. The van der Waals surface area contributed by atoms with E-state index in [9.17, 15) is 9.59 Å². The Morgan fingerprint density at radius 1 is 1.07 bits per heavy atom. The van der Waals surface area contributed by atoms with E-state index in [2.05, 4.69) is 5.16 Å². The van der Waals surface area contributed by atoms with Gasteiger partial charge in [0.25, 0.3) is 5.91 Å². The number of carbonyl (C=O) groups is 2. The normalized spacial score (nSPS) is 14.6. The predicted molar refractivity (Wildman–Crippen MR) is 107 cm³/mol. The molecule has 0 bridgehead atoms. The van der Waals surface area contributed by atoms with Crippen LogP contribution in [0.1, 0.15) is 24.0 Å². The van der Waals surface area contributed by atoms with Crippen molar-refractivity contribution in [2.75, 3.05) is 10.8 Å². The number of oxime groups is 1. The summed E-state index contributed by atoms with van der Waals surface area (Å²) in [6, 6.07) is 12.3. The molecule has 0 radical (unpaired) electrons. The highest BCUT2D eigenvalue weighted by Gasteiger charge is 2.35. The lowest BCUT2D eigenvalue weighted by Crippen LogP contribution is -2.29. The predicted octanol–water partition coefficient (Wildman–Crippen LogP) is 4.81. The van der Waals surface area contributed by atoms with Crippen molar-refractivity contribution in [1.29, 1.82) is 0 Å². The summed E-state index contributed by atoms with van der Waals surface area (Å²) in [6.45, 7) is 0.323. The van der Waals surface area contributed by atoms with E-state index in [1.807, 2.05) is 12.1 Å². The van der Waals surface area contributed by atoms with Crippen molar-refractivity contribution in [2.45, 2.75) is 19.4 Å². The number of alkyl halides is 1. The fourth-order valence-corrected chi connectivity index (χ4v) is 3.09. The lowest BCUT2D eigenvalue weighted by Gasteiger charge is -2.17. The Kier molecular flexibility index (Phi) is 6.37. The molecule has 0 aliphatic carbocycles. The van der Waals surface area contributed by atoms with Gasteiger partial charge in [-0.1, -0.05) is 40.5 Å². The molecule has 0 saturated carbocycles. The van der Waals surface area contributed by atoms with Crippen LogP contribution >= 0.6 is 34.8 Å². The molecule has 2 aromatic carbocycles. The maximum absolute atomic E-state index is 12.9. The third-order valence-corrected chi connectivity index (χ3v) is 4.71. The smallest absolute Gasteiger partial charge is 0.317 e. The van der Waals surface area contributed by atoms with Crippen molar-refractivity contribution in [2.24, 2.45) is 5.16 Å². The quantitative estimate of drug-likeness (QED) is 0.379. The van der Waals surface area contributed by atoms with E-state index in [-0.39, 0.29) is 18.0 Å². The third-order valence-electron chi connectivity index (χ3n) is 3.96. The number of halogens is 3. The van der Waals surface area contributed by atoms with E-state index < -0.39 is 5.97 Å². The average Bonchev–Trinajstić information content (AvgIpc) is 2.91. The molecule has 1 heterocycles. The second kappa shape index (κ2) is 8.74. The van der Waals surface area contributed by atoms with Crippen LogP contribution in [0.25, 0.3) is 0 Å². The maximum Gasteiger partial charge on any atom is 0.335 e. The number of hydrogen-bond acceptors (Lipinski definition) is 4. The number of anilines is 1. The van der Waals surface area contributed by atoms with Gasteiger partial charge in [-0.2, -0.15) is 0 Å². The molecule has 0 unspecified atom stereocenters. The summed E-state index contributed by atoms with van der Waals surface area (Å²) in [6.07, 6.45) is 0.607. The van der Waals surface area contributed by atoms with E-state index >= 15 is 0 Å². The minimum Gasteiger partial charge on any atom is -0.317 e. The minimum absolute atomic E-state index is 0.0423. The summed E-state index contributed by atoms with van der Waals surface area (Å²) in [5.41, 5.74) is 2.11. The van der Waals surface area contributed by atoms with Gasteiger partial charge < -0.3 is 9.74 Å². The number of carbonyl (C=O) groups excluding carboxylic acids is 2. The first-order valence-corrected chi connectivity index (χ1v) is 9.48. The van der Waals surface area contributed by atoms with E-state index in [1.165, 1.54) is 0 Å². The summed E-state index contributed by atoms with van der Waals surface area (Å²) >= 11 is 17.5. The van der Waals surface area contributed by atoms with Gasteiger partial charge in [0.1, 0.15) is 0 Å². The molecule has 0 saturated heterocycles. The second-order valence-corrected chi connectivity index (χ2v) is 7.13. The average molecular weight is 426 g/mol. The molecule has 27 heavy (non-hydrogen) atoms. The largest absolute Gasteiger partial charge is 0.335 e. The first-order valence-electron chi connectivity index (χ1n) is 8.19. The lowest BCUT2D eigenvalue weighted by molar-refractivity contribution is -0.143. The number of nitrogens with zero attached hydrogens (tertiary/aromatic N) is 2. The summed E-state index contributed by atoms with van der Waals surface area (Å²) in [5, 5.41) is 4.87. The molecular formula is C19H15Cl3N2O3. The monoisotopic (exact) mass is 424 g/mol. The van der Waals surface area contributed by atoms with Crippen LogP contribution < -0.4 is 4.90 Å². The number of hydrogen-bond donors (Lipinski definition) is 0. The maximum atomic E-state index is 12.9. The van der Waals surface area contributed by atoms with Gasteiger partial charge in [0.05, 0.1) is 12.2 Å². The Bertz CT molecular complexity index is 898. The third kappa shape index (κ3) is 4.61. The van der Waals surface area contributed by atoms with Gasteiger partial charge in [0, 0.05) is 27.9 Å². The highest BCUT2D eigenvalue weighted by Crippen LogP contribution is 2.33. The number of amides is 1. The van der Waals surface area contributed by atoms with E-state index in [0.717, 1.165) is 5.56 Å². The van der Waals surface area contributed by atoms with Crippen LogP contribution in [0, 0.1) is 0 Å². The van der Waals surface area contributed by atoms with Crippen molar-refractivity contribution >= 4 is 58.1 Å². The Hall–Kier alpha value is -2.08. The highest BCUT2D eigenvalue weighted by atomic mass is 35.5. The molecule has 1 aliphatic heterocycles. The van der Waals surface area contributed by atoms with Crippen molar-refractivity contribution in [1.82, 2.24) is 0 Å². The Labute approximate surface area is 171 Å². The van der Waals surface area contributed by atoms with Gasteiger partial charge in [0.15, 0.2) is 5.71 Å². The molecular weight excluding hydrogens is 411 g/mol. The van der Waals surface area contributed by atoms with Crippen LogP contribution in [0.15, 0.2) is 47.6 Å². The van der Waals surface area contributed by atoms with Gasteiger partial charge >= 0.3 is 5.97 Å². The van der Waals surface area contributed by atoms with E-state index in [1.54, 1.807) is 35.2 Å². The van der Waals surface area contributed by atoms with Crippen LogP contribution in [-0.4, -0.2) is 23.5 Å². The first kappa shape index (κ1) is 19.7. The van der Waals surface area contributed by atoms with Gasteiger partial charge in [-0.25, -0.2) is 4.79 Å². The Morgan fingerprint density at radius 3 is 2.48 bits per heavy atom. The first-order chi connectivity index (χ1) is 13.0. The fourth-order valence-electron chi connectivity index (χ4n) is 2.66. The summed E-state index contributed by atoms with van der Waals surface area (Å²) in [7, 11) is 0. The van der Waals surface area contributed by atoms with Crippen molar-refractivity contribution < 1.29 is 14.4 Å². The fraction of sp³-hybridized carbons (Fsp3) is 0.211. The van der Waals surface area contributed by atoms with Gasteiger partial charge in [-0.05, 0) is 42.3 Å². The molecule has 1 aliphatic rings. The van der Waals surface area contributed by atoms with Crippen LogP contribution in [0.4, 0.5) is 5.69 Å². The number of benzene rings is 2. The standard InChI is InChI=1S/C19H15Cl3N2O3/c20-9-1-2-17(25)27-23-18-15-10-14(22)7-8-16(15)24(19(18)26)11-12-3-5-13(21)6-4-12/h3-8,10H,1-2,9,11H2/b23-18+.